The normalized spacial score (nSPS) is 24.3. The first-order chi connectivity index (χ1) is 16.6. The van der Waals surface area contributed by atoms with Gasteiger partial charge in [-0.15, -0.1) is 0 Å². The highest BCUT2D eigenvalue weighted by Crippen LogP contribution is 2.41. The van der Waals surface area contributed by atoms with Crippen LogP contribution in [0.2, 0.25) is 10.0 Å². The molecular formula is C27H33BCl2O5. The van der Waals surface area contributed by atoms with E-state index in [0.717, 1.165) is 30.0 Å². The molecule has 0 amide bonds. The van der Waals surface area contributed by atoms with Crippen LogP contribution >= 0.6 is 23.2 Å². The molecular weight excluding hydrogens is 486 g/mol. The number of ether oxygens (including phenoxy) is 3. The van der Waals surface area contributed by atoms with Crippen molar-refractivity contribution in [3.63, 3.8) is 0 Å². The van der Waals surface area contributed by atoms with Gasteiger partial charge in [0.2, 0.25) is 0 Å². The lowest BCUT2D eigenvalue weighted by Crippen LogP contribution is -2.41. The highest BCUT2D eigenvalue weighted by atomic mass is 35.5. The van der Waals surface area contributed by atoms with E-state index in [-0.39, 0.29) is 0 Å². The smallest absolute Gasteiger partial charge is 0.493 e. The number of hydrogen-bond acceptors (Lipinski definition) is 5. The van der Waals surface area contributed by atoms with Gasteiger partial charge in [-0.3, -0.25) is 0 Å². The first kappa shape index (κ1) is 25.1. The molecule has 0 N–H and O–H groups in total. The molecule has 1 heterocycles. The Kier molecular flexibility index (Phi) is 6.95. The standard InChI is InChI=1S/C27H33BCl2O5/c1-26(2)27(3,4)35-28(34-26)22-12-20(7-9-23(22)29)32-15-18-11-19(18)16-33-25-13-21(8-10-24(25)30)31-14-17-5-6-17/h7-10,12-13,17-19H,5-6,11,14-16H2,1-4H3. The van der Waals surface area contributed by atoms with Crippen molar-refractivity contribution in [3.8, 4) is 17.2 Å². The molecule has 0 aromatic heterocycles. The maximum absolute atomic E-state index is 6.47. The van der Waals surface area contributed by atoms with Gasteiger partial charge in [0, 0.05) is 16.6 Å². The van der Waals surface area contributed by atoms with Gasteiger partial charge in [-0.05, 0) is 95.0 Å². The second-order valence-corrected chi connectivity index (χ2v) is 11.8. The predicted molar refractivity (Wildman–Crippen MR) is 139 cm³/mol. The van der Waals surface area contributed by atoms with E-state index in [2.05, 4.69) is 0 Å². The van der Waals surface area contributed by atoms with Gasteiger partial charge in [-0.25, -0.2) is 0 Å². The van der Waals surface area contributed by atoms with Crippen LogP contribution in [-0.2, 0) is 9.31 Å². The molecule has 5 nitrogen and oxygen atoms in total. The minimum Gasteiger partial charge on any atom is -0.493 e. The van der Waals surface area contributed by atoms with E-state index in [1.54, 1.807) is 0 Å². The summed E-state index contributed by atoms with van der Waals surface area (Å²) in [6.45, 7) is 10.1. The number of halogens is 2. The average Bonchev–Trinajstić information content (AvgIpc) is 3.72. The third-order valence-electron chi connectivity index (χ3n) is 7.55. The van der Waals surface area contributed by atoms with Crippen LogP contribution in [0.25, 0.3) is 0 Å². The van der Waals surface area contributed by atoms with Crippen LogP contribution in [0, 0.1) is 17.8 Å². The molecule has 2 aromatic rings. The summed E-state index contributed by atoms with van der Waals surface area (Å²) in [4.78, 5) is 0. The van der Waals surface area contributed by atoms with Crippen molar-refractivity contribution in [2.24, 2.45) is 17.8 Å². The Labute approximate surface area is 218 Å². The zero-order valence-corrected chi connectivity index (χ0v) is 22.3. The van der Waals surface area contributed by atoms with Gasteiger partial charge >= 0.3 is 7.12 Å². The first-order valence-electron chi connectivity index (χ1n) is 12.4. The number of benzene rings is 2. The fourth-order valence-electron chi connectivity index (χ4n) is 4.06. The molecule has 35 heavy (non-hydrogen) atoms. The van der Waals surface area contributed by atoms with Crippen LogP contribution in [0.1, 0.15) is 47.0 Å². The van der Waals surface area contributed by atoms with Gasteiger partial charge in [-0.1, -0.05) is 23.2 Å². The molecule has 0 spiro atoms. The van der Waals surface area contributed by atoms with Crippen LogP contribution in [0.15, 0.2) is 36.4 Å². The number of hydrogen-bond donors (Lipinski definition) is 0. The van der Waals surface area contributed by atoms with Crippen molar-refractivity contribution < 1.29 is 23.5 Å². The van der Waals surface area contributed by atoms with E-state index in [1.165, 1.54) is 12.8 Å². The van der Waals surface area contributed by atoms with E-state index in [4.69, 9.17) is 46.7 Å². The second-order valence-electron chi connectivity index (χ2n) is 11.0. The monoisotopic (exact) mass is 518 g/mol. The Hall–Kier alpha value is -1.60. The van der Waals surface area contributed by atoms with Gasteiger partial charge in [0.1, 0.15) is 17.2 Å². The molecule has 8 heteroatoms. The van der Waals surface area contributed by atoms with Gasteiger partial charge < -0.3 is 23.5 Å². The molecule has 2 aliphatic carbocycles. The minimum absolute atomic E-state index is 0.426. The zero-order valence-electron chi connectivity index (χ0n) is 20.8. The third-order valence-corrected chi connectivity index (χ3v) is 8.20. The molecule has 2 aromatic carbocycles. The van der Waals surface area contributed by atoms with Crippen LogP contribution < -0.4 is 19.7 Å². The molecule has 2 atom stereocenters. The maximum atomic E-state index is 6.47. The van der Waals surface area contributed by atoms with Crippen LogP contribution in [0.5, 0.6) is 17.2 Å². The second kappa shape index (κ2) is 9.70. The molecule has 0 radical (unpaired) electrons. The Morgan fingerprint density at radius 2 is 1.37 bits per heavy atom. The molecule has 5 rings (SSSR count). The summed E-state index contributed by atoms with van der Waals surface area (Å²) >= 11 is 12.8. The van der Waals surface area contributed by atoms with E-state index in [1.807, 2.05) is 64.1 Å². The third kappa shape index (κ3) is 5.88. The molecule has 188 valence electrons. The Balaban J connectivity index is 1.11. The quantitative estimate of drug-likeness (QED) is 0.351. The predicted octanol–water partition coefficient (Wildman–Crippen LogP) is 6.18. The van der Waals surface area contributed by atoms with Gasteiger partial charge in [-0.2, -0.15) is 0 Å². The molecule has 3 fully saturated rings. The Bertz CT molecular complexity index is 1060. The first-order valence-corrected chi connectivity index (χ1v) is 13.2. The lowest BCUT2D eigenvalue weighted by atomic mass is 9.79. The van der Waals surface area contributed by atoms with Crippen molar-refractivity contribution in [2.75, 3.05) is 19.8 Å². The van der Waals surface area contributed by atoms with E-state index in [9.17, 15) is 0 Å². The largest absolute Gasteiger partial charge is 0.496 e. The topological polar surface area (TPSA) is 46.2 Å². The van der Waals surface area contributed by atoms with E-state index >= 15 is 0 Å². The maximum Gasteiger partial charge on any atom is 0.496 e. The van der Waals surface area contributed by atoms with E-state index < -0.39 is 18.3 Å². The van der Waals surface area contributed by atoms with Crippen LogP contribution in [-0.4, -0.2) is 38.1 Å². The molecule has 1 saturated heterocycles. The Morgan fingerprint density at radius 3 is 2.03 bits per heavy atom. The van der Waals surface area contributed by atoms with E-state index in [0.29, 0.717) is 46.8 Å². The van der Waals surface area contributed by atoms with Crippen molar-refractivity contribution in [1.29, 1.82) is 0 Å². The average molecular weight is 519 g/mol. The van der Waals surface area contributed by atoms with Crippen molar-refractivity contribution in [3.05, 3.63) is 46.4 Å². The fourth-order valence-corrected chi connectivity index (χ4v) is 4.44. The minimum atomic E-state index is -0.521. The zero-order chi connectivity index (χ0) is 24.8. The highest BCUT2D eigenvalue weighted by Gasteiger charge is 2.52. The summed E-state index contributed by atoms with van der Waals surface area (Å²) in [6, 6.07) is 11.3. The summed E-state index contributed by atoms with van der Waals surface area (Å²) in [7, 11) is -0.521. The lowest BCUT2D eigenvalue weighted by Gasteiger charge is -2.32. The molecule has 2 unspecified atom stereocenters. The summed E-state index contributed by atoms with van der Waals surface area (Å²) in [6.07, 6.45) is 3.59. The van der Waals surface area contributed by atoms with Crippen LogP contribution in [0.3, 0.4) is 0 Å². The molecule has 2 saturated carbocycles. The summed E-state index contributed by atoms with van der Waals surface area (Å²) in [5, 5.41) is 1.21. The molecule has 0 bridgehead atoms. The van der Waals surface area contributed by atoms with Gasteiger partial charge in [0.25, 0.3) is 0 Å². The van der Waals surface area contributed by atoms with Crippen LogP contribution in [0.4, 0.5) is 0 Å². The lowest BCUT2D eigenvalue weighted by molar-refractivity contribution is 0.00578. The fraction of sp³-hybridized carbons (Fsp3) is 0.556. The van der Waals surface area contributed by atoms with Gasteiger partial charge in [0.15, 0.2) is 0 Å². The Morgan fingerprint density at radius 1 is 0.800 bits per heavy atom. The van der Waals surface area contributed by atoms with Gasteiger partial charge in [0.05, 0.1) is 36.0 Å². The van der Waals surface area contributed by atoms with Crippen molar-refractivity contribution >= 4 is 35.8 Å². The highest BCUT2D eigenvalue weighted by molar-refractivity contribution is 6.65. The van der Waals surface area contributed by atoms with Crippen molar-refractivity contribution in [2.45, 2.75) is 58.2 Å². The summed E-state index contributed by atoms with van der Waals surface area (Å²) in [5.74, 6) is 3.84. The molecule has 1 aliphatic heterocycles. The SMILES string of the molecule is CC1(C)OB(c2cc(OCC3CC3COc3cc(OCC4CC4)ccc3Cl)ccc2Cl)OC1(C)C. The number of rotatable bonds is 10. The van der Waals surface area contributed by atoms with Crippen molar-refractivity contribution in [1.82, 2.24) is 0 Å². The summed E-state index contributed by atoms with van der Waals surface area (Å²) in [5.41, 5.74) is -0.0627. The summed E-state index contributed by atoms with van der Waals surface area (Å²) < 4.78 is 30.3. The molecule has 3 aliphatic rings.